The molecule has 0 aromatic rings. The molecule has 0 saturated carbocycles. The molecule has 0 aliphatic carbocycles. The van der Waals surface area contributed by atoms with E-state index in [1.807, 2.05) is 0 Å². The first-order chi connectivity index (χ1) is 8.36. The Morgan fingerprint density at radius 1 is 1.39 bits per heavy atom. The minimum Gasteiger partial charge on any atom is -0.481 e. The number of methoxy groups -OCH3 is 1. The van der Waals surface area contributed by atoms with E-state index in [1.165, 1.54) is 24.0 Å². The summed E-state index contributed by atoms with van der Waals surface area (Å²) in [5.41, 5.74) is 0. The SMILES string of the molecule is COC(=O)CN(C)C(=O)N1CC(C)C(C(=O)O)C1. The van der Waals surface area contributed by atoms with E-state index in [4.69, 9.17) is 5.11 Å². The smallest absolute Gasteiger partial charge is 0.325 e. The van der Waals surface area contributed by atoms with Crippen molar-refractivity contribution in [1.82, 2.24) is 9.80 Å². The molecule has 1 saturated heterocycles. The second kappa shape index (κ2) is 5.70. The molecule has 1 aliphatic heterocycles. The maximum atomic E-state index is 12.0. The van der Waals surface area contributed by atoms with Crippen molar-refractivity contribution >= 4 is 18.0 Å². The van der Waals surface area contributed by atoms with Crippen molar-refractivity contribution < 1.29 is 24.2 Å². The van der Waals surface area contributed by atoms with Crippen LogP contribution in [0.25, 0.3) is 0 Å². The van der Waals surface area contributed by atoms with E-state index >= 15 is 0 Å². The molecular weight excluding hydrogens is 240 g/mol. The Bertz CT molecular complexity index is 357. The van der Waals surface area contributed by atoms with Crippen LogP contribution in [0.4, 0.5) is 4.79 Å². The number of hydrogen-bond donors (Lipinski definition) is 1. The van der Waals surface area contributed by atoms with Crippen LogP contribution in [0.3, 0.4) is 0 Å². The van der Waals surface area contributed by atoms with Crippen molar-refractivity contribution in [1.29, 1.82) is 0 Å². The van der Waals surface area contributed by atoms with Crippen LogP contribution in [0.15, 0.2) is 0 Å². The van der Waals surface area contributed by atoms with Gasteiger partial charge in [-0.2, -0.15) is 0 Å². The van der Waals surface area contributed by atoms with Gasteiger partial charge in [-0.25, -0.2) is 4.79 Å². The van der Waals surface area contributed by atoms with Gasteiger partial charge in [0, 0.05) is 20.1 Å². The maximum absolute atomic E-state index is 12.0. The van der Waals surface area contributed by atoms with Crippen LogP contribution in [-0.2, 0) is 14.3 Å². The number of likely N-dealkylation sites (tertiary alicyclic amines) is 1. The molecule has 2 unspecified atom stereocenters. The number of urea groups is 1. The van der Waals surface area contributed by atoms with Gasteiger partial charge in [-0.15, -0.1) is 0 Å². The van der Waals surface area contributed by atoms with Gasteiger partial charge in [0.25, 0.3) is 0 Å². The number of aliphatic carboxylic acids is 1. The molecular formula is C11H18N2O5. The largest absolute Gasteiger partial charge is 0.481 e. The number of nitrogens with zero attached hydrogens (tertiary/aromatic N) is 2. The summed E-state index contributed by atoms with van der Waals surface area (Å²) in [5, 5.41) is 8.98. The van der Waals surface area contributed by atoms with Crippen molar-refractivity contribution in [2.45, 2.75) is 6.92 Å². The molecule has 2 amide bonds. The van der Waals surface area contributed by atoms with Gasteiger partial charge in [0.1, 0.15) is 6.54 Å². The molecule has 7 heteroatoms. The summed E-state index contributed by atoms with van der Waals surface area (Å²) in [6.07, 6.45) is 0. The molecule has 1 fully saturated rings. The lowest BCUT2D eigenvalue weighted by Gasteiger charge is -2.23. The summed E-state index contributed by atoms with van der Waals surface area (Å²) in [5.74, 6) is -2.03. The lowest BCUT2D eigenvalue weighted by atomic mass is 9.99. The Hall–Kier alpha value is -1.79. The van der Waals surface area contributed by atoms with Crippen LogP contribution in [-0.4, -0.2) is 66.7 Å². The number of rotatable bonds is 3. The predicted octanol–water partition coefficient (Wildman–Crippen LogP) is -0.136. The molecule has 1 N–H and O–H groups in total. The Balaban J connectivity index is 2.58. The van der Waals surface area contributed by atoms with Crippen LogP contribution < -0.4 is 0 Å². The molecule has 18 heavy (non-hydrogen) atoms. The topological polar surface area (TPSA) is 87.2 Å². The van der Waals surface area contributed by atoms with Crippen molar-refractivity contribution in [3.05, 3.63) is 0 Å². The van der Waals surface area contributed by atoms with Crippen molar-refractivity contribution in [3.8, 4) is 0 Å². The molecule has 0 bridgehead atoms. The summed E-state index contributed by atoms with van der Waals surface area (Å²) in [6, 6.07) is -0.351. The highest BCUT2D eigenvalue weighted by molar-refractivity contribution is 5.82. The van der Waals surface area contributed by atoms with Gasteiger partial charge >= 0.3 is 18.0 Å². The van der Waals surface area contributed by atoms with Crippen LogP contribution in [0.2, 0.25) is 0 Å². The van der Waals surface area contributed by atoms with Crippen LogP contribution >= 0.6 is 0 Å². The minimum atomic E-state index is -0.895. The Labute approximate surface area is 105 Å². The van der Waals surface area contributed by atoms with E-state index in [0.29, 0.717) is 6.54 Å². The van der Waals surface area contributed by atoms with Crippen LogP contribution in [0.1, 0.15) is 6.92 Å². The summed E-state index contributed by atoms with van der Waals surface area (Å²) < 4.78 is 4.47. The van der Waals surface area contributed by atoms with Gasteiger partial charge in [0.2, 0.25) is 0 Å². The molecule has 102 valence electrons. The standard InChI is InChI=1S/C11H18N2O5/c1-7-4-13(5-8(7)10(15)16)11(17)12(2)6-9(14)18-3/h7-8H,4-6H2,1-3H3,(H,15,16). The normalized spacial score (nSPS) is 22.7. The van der Waals surface area contributed by atoms with Gasteiger partial charge in [0.05, 0.1) is 13.0 Å². The second-order valence-electron chi connectivity index (χ2n) is 4.54. The maximum Gasteiger partial charge on any atom is 0.325 e. The Morgan fingerprint density at radius 3 is 2.44 bits per heavy atom. The number of likely N-dealkylation sites (N-methyl/N-ethyl adjacent to an activating group) is 1. The lowest BCUT2D eigenvalue weighted by molar-refractivity contribution is -0.143. The summed E-state index contributed by atoms with van der Waals surface area (Å²) in [6.45, 7) is 2.23. The average Bonchev–Trinajstić information content (AvgIpc) is 2.70. The lowest BCUT2D eigenvalue weighted by Crippen LogP contribution is -2.42. The van der Waals surface area contributed by atoms with E-state index in [0.717, 1.165) is 0 Å². The van der Waals surface area contributed by atoms with E-state index < -0.39 is 17.9 Å². The van der Waals surface area contributed by atoms with Gasteiger partial charge in [-0.3, -0.25) is 9.59 Å². The number of carbonyl (C=O) groups excluding carboxylic acids is 2. The Morgan fingerprint density at radius 2 is 2.00 bits per heavy atom. The van der Waals surface area contributed by atoms with Gasteiger partial charge in [0.15, 0.2) is 0 Å². The summed E-state index contributed by atoms with van der Waals surface area (Å²) >= 11 is 0. The van der Waals surface area contributed by atoms with Crippen molar-refractivity contribution in [3.63, 3.8) is 0 Å². The zero-order valence-corrected chi connectivity index (χ0v) is 10.8. The fraction of sp³-hybridized carbons (Fsp3) is 0.727. The third-order valence-corrected chi connectivity index (χ3v) is 3.12. The fourth-order valence-corrected chi connectivity index (χ4v) is 2.01. The van der Waals surface area contributed by atoms with Crippen molar-refractivity contribution in [2.24, 2.45) is 11.8 Å². The molecule has 0 radical (unpaired) electrons. The van der Waals surface area contributed by atoms with Gasteiger partial charge in [-0.05, 0) is 5.92 Å². The number of carbonyl (C=O) groups is 3. The molecule has 7 nitrogen and oxygen atoms in total. The number of esters is 1. The average molecular weight is 258 g/mol. The number of carboxylic acids is 1. The molecule has 1 rings (SSSR count). The first-order valence-electron chi connectivity index (χ1n) is 5.66. The summed E-state index contributed by atoms with van der Waals surface area (Å²) in [7, 11) is 2.73. The molecule has 0 spiro atoms. The highest BCUT2D eigenvalue weighted by atomic mass is 16.5. The minimum absolute atomic E-state index is 0.0852. The van der Waals surface area contributed by atoms with Crippen LogP contribution in [0, 0.1) is 11.8 Å². The third kappa shape index (κ3) is 3.12. The van der Waals surface area contributed by atoms with E-state index in [1.54, 1.807) is 6.92 Å². The molecule has 1 heterocycles. The van der Waals surface area contributed by atoms with Gasteiger partial charge < -0.3 is 19.6 Å². The number of amides is 2. The summed E-state index contributed by atoms with van der Waals surface area (Å²) in [4.78, 5) is 36.6. The highest BCUT2D eigenvalue weighted by Crippen LogP contribution is 2.23. The molecule has 2 atom stereocenters. The fourth-order valence-electron chi connectivity index (χ4n) is 2.01. The predicted molar refractivity (Wildman–Crippen MR) is 61.9 cm³/mol. The van der Waals surface area contributed by atoms with E-state index in [9.17, 15) is 14.4 Å². The second-order valence-corrected chi connectivity index (χ2v) is 4.54. The quantitative estimate of drug-likeness (QED) is 0.712. The van der Waals surface area contributed by atoms with Gasteiger partial charge in [-0.1, -0.05) is 6.92 Å². The molecule has 0 aromatic heterocycles. The third-order valence-electron chi connectivity index (χ3n) is 3.12. The molecule has 1 aliphatic rings. The number of carboxylic acid groups (broad SMARTS) is 1. The van der Waals surface area contributed by atoms with Crippen molar-refractivity contribution in [2.75, 3.05) is 33.8 Å². The number of ether oxygens (including phenoxy) is 1. The molecule has 0 aromatic carbocycles. The Kier molecular flexibility index (Phi) is 4.52. The van der Waals surface area contributed by atoms with E-state index in [-0.39, 0.29) is 25.0 Å². The monoisotopic (exact) mass is 258 g/mol. The first-order valence-corrected chi connectivity index (χ1v) is 5.66. The van der Waals surface area contributed by atoms with E-state index in [2.05, 4.69) is 4.74 Å². The zero-order chi connectivity index (χ0) is 13.9. The first kappa shape index (κ1) is 14.3. The number of hydrogen-bond acceptors (Lipinski definition) is 4. The zero-order valence-electron chi connectivity index (χ0n) is 10.8. The highest BCUT2D eigenvalue weighted by Gasteiger charge is 2.38. The van der Waals surface area contributed by atoms with Crippen LogP contribution in [0.5, 0.6) is 0 Å².